The Morgan fingerprint density at radius 1 is 1.18 bits per heavy atom. The van der Waals surface area contributed by atoms with Gasteiger partial charge in [-0.15, -0.1) is 0 Å². The van der Waals surface area contributed by atoms with E-state index in [0.29, 0.717) is 0 Å². The van der Waals surface area contributed by atoms with Crippen LogP contribution in [0.2, 0.25) is 0 Å². The standard InChI is InChI=1S/C9H20O2/c1-4-6-7-9(10-3)11-8-5-2/h9H,4-8H2,1-3H3. The van der Waals surface area contributed by atoms with Gasteiger partial charge in [-0.05, 0) is 19.3 Å². The molecule has 68 valence electrons. The molecule has 0 rings (SSSR count). The van der Waals surface area contributed by atoms with Crippen molar-refractivity contribution in [3.63, 3.8) is 0 Å². The number of ether oxygens (including phenoxy) is 2. The molecule has 11 heavy (non-hydrogen) atoms. The van der Waals surface area contributed by atoms with Crippen molar-refractivity contribution in [1.29, 1.82) is 0 Å². The number of hydrogen-bond donors (Lipinski definition) is 0. The van der Waals surface area contributed by atoms with E-state index in [0.717, 1.165) is 19.4 Å². The highest BCUT2D eigenvalue weighted by Crippen LogP contribution is 2.05. The van der Waals surface area contributed by atoms with E-state index in [1.165, 1.54) is 12.8 Å². The molecule has 0 N–H and O–H groups in total. The highest BCUT2D eigenvalue weighted by molar-refractivity contribution is 4.44. The molecule has 0 amide bonds. The predicted octanol–water partition coefficient (Wildman–Crippen LogP) is 2.58. The average molecular weight is 160 g/mol. The third kappa shape index (κ3) is 6.32. The van der Waals surface area contributed by atoms with Crippen molar-refractivity contribution >= 4 is 0 Å². The molecule has 2 heteroatoms. The fraction of sp³-hybridized carbons (Fsp3) is 1.00. The van der Waals surface area contributed by atoms with Crippen LogP contribution in [0.25, 0.3) is 0 Å². The van der Waals surface area contributed by atoms with E-state index >= 15 is 0 Å². The van der Waals surface area contributed by atoms with Gasteiger partial charge >= 0.3 is 0 Å². The van der Waals surface area contributed by atoms with Crippen molar-refractivity contribution in [1.82, 2.24) is 0 Å². The average Bonchev–Trinajstić information content (AvgIpc) is 2.05. The Kier molecular flexibility index (Phi) is 7.96. The van der Waals surface area contributed by atoms with Gasteiger partial charge in [0.1, 0.15) is 0 Å². The van der Waals surface area contributed by atoms with Gasteiger partial charge in [0, 0.05) is 13.7 Å². The number of methoxy groups -OCH3 is 1. The Bertz CT molecular complexity index is 66.0. The topological polar surface area (TPSA) is 18.5 Å². The van der Waals surface area contributed by atoms with Crippen molar-refractivity contribution in [2.24, 2.45) is 0 Å². The first kappa shape index (κ1) is 10.9. The van der Waals surface area contributed by atoms with Crippen LogP contribution in [0.15, 0.2) is 0 Å². The van der Waals surface area contributed by atoms with Crippen molar-refractivity contribution in [3.8, 4) is 0 Å². The zero-order valence-corrected chi connectivity index (χ0v) is 7.93. The highest BCUT2D eigenvalue weighted by Gasteiger charge is 2.04. The zero-order chi connectivity index (χ0) is 8.53. The molecule has 0 aromatic rings. The molecule has 1 atom stereocenters. The molecule has 0 spiro atoms. The molecular formula is C9H20O2. The molecule has 0 aromatic heterocycles. The lowest BCUT2D eigenvalue weighted by Crippen LogP contribution is -2.15. The minimum Gasteiger partial charge on any atom is -0.356 e. The van der Waals surface area contributed by atoms with Crippen LogP contribution >= 0.6 is 0 Å². The fourth-order valence-electron chi connectivity index (χ4n) is 0.889. The van der Waals surface area contributed by atoms with Crippen LogP contribution in [-0.2, 0) is 9.47 Å². The third-order valence-corrected chi connectivity index (χ3v) is 1.56. The summed E-state index contributed by atoms with van der Waals surface area (Å²) in [7, 11) is 1.70. The van der Waals surface area contributed by atoms with E-state index < -0.39 is 0 Å². The largest absolute Gasteiger partial charge is 0.356 e. The van der Waals surface area contributed by atoms with Crippen molar-refractivity contribution in [2.75, 3.05) is 13.7 Å². The second-order valence-corrected chi connectivity index (χ2v) is 2.68. The first-order valence-electron chi connectivity index (χ1n) is 4.49. The molecule has 2 nitrogen and oxygen atoms in total. The maximum atomic E-state index is 5.42. The summed E-state index contributed by atoms with van der Waals surface area (Å²) in [6.45, 7) is 5.08. The second kappa shape index (κ2) is 8.02. The van der Waals surface area contributed by atoms with Gasteiger partial charge in [-0.1, -0.05) is 20.3 Å². The lowest BCUT2D eigenvalue weighted by molar-refractivity contribution is -0.127. The van der Waals surface area contributed by atoms with Crippen LogP contribution in [0, 0.1) is 0 Å². The minimum atomic E-state index is 0.0231. The van der Waals surface area contributed by atoms with Gasteiger partial charge in [-0.25, -0.2) is 0 Å². The van der Waals surface area contributed by atoms with E-state index in [4.69, 9.17) is 9.47 Å². The van der Waals surface area contributed by atoms with Gasteiger partial charge in [-0.3, -0.25) is 0 Å². The quantitative estimate of drug-likeness (QED) is 0.533. The van der Waals surface area contributed by atoms with E-state index in [1.807, 2.05) is 0 Å². The van der Waals surface area contributed by atoms with Gasteiger partial charge in [0.25, 0.3) is 0 Å². The van der Waals surface area contributed by atoms with Crippen molar-refractivity contribution < 1.29 is 9.47 Å². The van der Waals surface area contributed by atoms with Crippen LogP contribution in [0.4, 0.5) is 0 Å². The Balaban J connectivity index is 3.25. The number of hydrogen-bond acceptors (Lipinski definition) is 2. The third-order valence-electron chi connectivity index (χ3n) is 1.56. The molecule has 0 aromatic carbocycles. The lowest BCUT2D eigenvalue weighted by Gasteiger charge is -2.14. The Hall–Kier alpha value is -0.0800. The van der Waals surface area contributed by atoms with E-state index in [-0.39, 0.29) is 6.29 Å². The van der Waals surface area contributed by atoms with Crippen LogP contribution in [0.3, 0.4) is 0 Å². The Labute approximate surface area is 69.9 Å². The molecule has 0 aliphatic heterocycles. The Morgan fingerprint density at radius 3 is 2.36 bits per heavy atom. The maximum Gasteiger partial charge on any atom is 0.157 e. The molecule has 0 saturated heterocycles. The van der Waals surface area contributed by atoms with Gasteiger partial charge in [0.15, 0.2) is 6.29 Å². The smallest absolute Gasteiger partial charge is 0.157 e. The SMILES string of the molecule is CCCCC(OC)OCCC. The molecule has 0 bridgehead atoms. The molecule has 0 radical (unpaired) electrons. The molecule has 0 saturated carbocycles. The van der Waals surface area contributed by atoms with E-state index in [2.05, 4.69) is 13.8 Å². The Morgan fingerprint density at radius 2 is 1.91 bits per heavy atom. The summed E-state index contributed by atoms with van der Waals surface area (Å²) < 4.78 is 10.6. The van der Waals surface area contributed by atoms with Gasteiger partial charge < -0.3 is 9.47 Å². The minimum absolute atomic E-state index is 0.0231. The monoisotopic (exact) mass is 160 g/mol. The van der Waals surface area contributed by atoms with Crippen molar-refractivity contribution in [3.05, 3.63) is 0 Å². The van der Waals surface area contributed by atoms with Gasteiger partial charge in [0.05, 0.1) is 0 Å². The molecular weight excluding hydrogens is 140 g/mol. The maximum absolute atomic E-state index is 5.42. The molecule has 1 unspecified atom stereocenters. The van der Waals surface area contributed by atoms with Crippen molar-refractivity contribution in [2.45, 2.75) is 45.8 Å². The summed E-state index contributed by atoms with van der Waals surface area (Å²) in [5.41, 5.74) is 0. The lowest BCUT2D eigenvalue weighted by atomic mass is 10.2. The summed E-state index contributed by atoms with van der Waals surface area (Å²) in [4.78, 5) is 0. The molecule has 0 fully saturated rings. The highest BCUT2D eigenvalue weighted by atomic mass is 16.7. The van der Waals surface area contributed by atoms with E-state index in [1.54, 1.807) is 7.11 Å². The summed E-state index contributed by atoms with van der Waals surface area (Å²) in [5.74, 6) is 0. The normalized spacial score (nSPS) is 13.4. The summed E-state index contributed by atoms with van der Waals surface area (Å²) >= 11 is 0. The van der Waals surface area contributed by atoms with Crippen LogP contribution < -0.4 is 0 Å². The number of rotatable bonds is 7. The molecule has 0 aliphatic carbocycles. The predicted molar refractivity (Wildman–Crippen MR) is 46.6 cm³/mol. The van der Waals surface area contributed by atoms with Crippen LogP contribution in [-0.4, -0.2) is 20.0 Å². The van der Waals surface area contributed by atoms with E-state index in [9.17, 15) is 0 Å². The fourth-order valence-corrected chi connectivity index (χ4v) is 0.889. The van der Waals surface area contributed by atoms with Crippen LogP contribution in [0.5, 0.6) is 0 Å². The van der Waals surface area contributed by atoms with Gasteiger partial charge in [-0.2, -0.15) is 0 Å². The summed E-state index contributed by atoms with van der Waals surface area (Å²) in [6.07, 6.45) is 4.49. The summed E-state index contributed by atoms with van der Waals surface area (Å²) in [6, 6.07) is 0. The molecule has 0 aliphatic rings. The first-order valence-corrected chi connectivity index (χ1v) is 4.49. The number of unbranched alkanes of at least 4 members (excludes halogenated alkanes) is 1. The van der Waals surface area contributed by atoms with Gasteiger partial charge in [0.2, 0.25) is 0 Å². The molecule has 0 heterocycles. The summed E-state index contributed by atoms with van der Waals surface area (Å²) in [5, 5.41) is 0. The van der Waals surface area contributed by atoms with Crippen LogP contribution in [0.1, 0.15) is 39.5 Å². The zero-order valence-electron chi connectivity index (χ0n) is 7.93. The first-order chi connectivity index (χ1) is 5.35. The second-order valence-electron chi connectivity index (χ2n) is 2.68.